The predicted molar refractivity (Wildman–Crippen MR) is 185 cm³/mol. The Kier molecular flexibility index (Phi) is 20.4. The summed E-state index contributed by atoms with van der Waals surface area (Å²) in [6.07, 6.45) is -0.613. The van der Waals surface area contributed by atoms with Crippen molar-refractivity contribution in [1.82, 2.24) is 4.90 Å². The van der Waals surface area contributed by atoms with Crippen molar-refractivity contribution in [3.8, 4) is 0 Å². The maximum atomic E-state index is 13.0. The topological polar surface area (TPSA) is 220 Å². The van der Waals surface area contributed by atoms with E-state index >= 15 is 0 Å². The van der Waals surface area contributed by atoms with Crippen LogP contribution in [0.25, 0.3) is 0 Å². The van der Waals surface area contributed by atoms with Crippen molar-refractivity contribution in [3.05, 3.63) is 71.8 Å². The molecule has 0 bridgehead atoms. The Bertz CT molecular complexity index is 1350. The summed E-state index contributed by atoms with van der Waals surface area (Å²) < 4.78 is 60.9. The molecule has 4 N–H and O–H groups in total. The van der Waals surface area contributed by atoms with E-state index in [-0.39, 0.29) is 19.4 Å². The molecule has 0 fully saturated rings. The Morgan fingerprint density at radius 1 is 0.725 bits per heavy atom. The van der Waals surface area contributed by atoms with E-state index in [4.69, 9.17) is 38.0 Å². The molecule has 0 aliphatic carbocycles. The highest BCUT2D eigenvalue weighted by molar-refractivity contribution is 7.47. The molecule has 0 saturated heterocycles. The van der Waals surface area contributed by atoms with Crippen LogP contribution in [0.4, 0.5) is 0 Å². The van der Waals surface area contributed by atoms with Crippen molar-refractivity contribution in [1.29, 1.82) is 0 Å². The SMILES string of the molecule is CC(N)C(=O)OC(COP(=O)(O)OCCN(C)C)COP(=O)(O)OC(COC(=O)CCCc1ccccc1)COC(=O)CCCc1ccccc1. The number of hydrogen-bond donors (Lipinski definition) is 3. The molecule has 0 spiro atoms. The van der Waals surface area contributed by atoms with Gasteiger partial charge in [-0.25, -0.2) is 9.13 Å². The second-order valence-corrected chi connectivity index (χ2v) is 14.6. The zero-order chi connectivity index (χ0) is 37.7. The molecule has 0 saturated carbocycles. The zero-order valence-corrected chi connectivity index (χ0v) is 31.0. The third-order valence-corrected chi connectivity index (χ3v) is 8.84. The average molecular weight is 761 g/mol. The van der Waals surface area contributed by atoms with Gasteiger partial charge in [0.25, 0.3) is 0 Å². The fourth-order valence-electron chi connectivity index (χ4n) is 4.13. The minimum atomic E-state index is -5.03. The summed E-state index contributed by atoms with van der Waals surface area (Å²) in [7, 11) is -6.20. The summed E-state index contributed by atoms with van der Waals surface area (Å²) in [4.78, 5) is 59.3. The van der Waals surface area contributed by atoms with Gasteiger partial charge in [-0.3, -0.25) is 32.5 Å². The maximum absolute atomic E-state index is 13.0. The smallest absolute Gasteiger partial charge is 0.463 e. The molecule has 4 unspecified atom stereocenters. The van der Waals surface area contributed by atoms with E-state index in [0.29, 0.717) is 32.2 Å². The highest BCUT2D eigenvalue weighted by atomic mass is 31.2. The van der Waals surface area contributed by atoms with E-state index in [9.17, 15) is 33.3 Å². The van der Waals surface area contributed by atoms with Gasteiger partial charge in [-0.15, -0.1) is 0 Å². The van der Waals surface area contributed by atoms with Crippen LogP contribution in [0.2, 0.25) is 0 Å². The maximum Gasteiger partial charge on any atom is 0.472 e. The number of phosphoric ester groups is 2. The molecule has 0 heterocycles. The quantitative estimate of drug-likeness (QED) is 0.0709. The highest BCUT2D eigenvalue weighted by Crippen LogP contribution is 2.46. The molecule has 286 valence electrons. The van der Waals surface area contributed by atoms with Gasteiger partial charge < -0.3 is 34.6 Å². The molecular formula is C33H50N2O14P2. The molecule has 2 aromatic rings. The van der Waals surface area contributed by atoms with Gasteiger partial charge in [-0.05, 0) is 57.8 Å². The molecular weight excluding hydrogens is 710 g/mol. The number of hydrogen-bond acceptors (Lipinski definition) is 14. The minimum absolute atomic E-state index is 0.0500. The molecule has 4 atom stereocenters. The summed E-state index contributed by atoms with van der Waals surface area (Å²) in [5, 5.41) is 0. The standard InChI is InChI=1S/C33H50N2O14P2/c1-26(34)33(38)48-29(24-46-50(39,40)45-21-20-35(2)3)25-47-51(41,42)49-30(22-43-31(36)18-10-16-27-12-6-4-7-13-27)23-44-32(37)19-11-17-28-14-8-5-9-15-28/h4-9,12-15,26,29-30H,10-11,16-25,34H2,1-3H3,(H,39,40)(H,41,42). The Balaban J connectivity index is 2.00. The number of phosphoric acid groups is 2. The van der Waals surface area contributed by atoms with Gasteiger partial charge in [-0.1, -0.05) is 60.7 Å². The predicted octanol–water partition coefficient (Wildman–Crippen LogP) is 3.58. The third-order valence-electron chi connectivity index (χ3n) is 6.82. The summed E-state index contributed by atoms with van der Waals surface area (Å²) in [6.45, 7) is -1.28. The van der Waals surface area contributed by atoms with Crippen LogP contribution in [-0.2, 0) is 68.7 Å². The first-order valence-corrected chi connectivity index (χ1v) is 19.4. The molecule has 0 aromatic heterocycles. The first-order valence-electron chi connectivity index (χ1n) is 16.4. The lowest BCUT2D eigenvalue weighted by Crippen LogP contribution is -2.36. The number of carbonyl (C=O) groups is 3. The molecule has 18 heteroatoms. The van der Waals surface area contributed by atoms with Crippen LogP contribution in [0.3, 0.4) is 0 Å². The van der Waals surface area contributed by atoms with Gasteiger partial charge in [0.2, 0.25) is 0 Å². The summed E-state index contributed by atoms with van der Waals surface area (Å²) in [6, 6.07) is 17.9. The van der Waals surface area contributed by atoms with E-state index < -0.39 is 78.2 Å². The van der Waals surface area contributed by atoms with Crippen molar-refractivity contribution >= 4 is 33.6 Å². The second kappa shape index (κ2) is 23.5. The number of esters is 3. The summed E-state index contributed by atoms with van der Waals surface area (Å²) in [5.74, 6) is -2.18. The fraction of sp³-hybridized carbons (Fsp3) is 0.545. The Morgan fingerprint density at radius 2 is 1.20 bits per heavy atom. The monoisotopic (exact) mass is 760 g/mol. The van der Waals surface area contributed by atoms with E-state index in [0.717, 1.165) is 11.1 Å². The zero-order valence-electron chi connectivity index (χ0n) is 29.2. The Labute approximate surface area is 298 Å². The van der Waals surface area contributed by atoms with Crippen molar-refractivity contribution in [2.45, 2.75) is 63.7 Å². The second-order valence-electron chi connectivity index (χ2n) is 11.8. The van der Waals surface area contributed by atoms with Crippen molar-refractivity contribution in [2.75, 3.05) is 53.7 Å². The number of nitrogens with two attached hydrogens (primary N) is 1. The van der Waals surface area contributed by atoms with Crippen LogP contribution in [0, 0.1) is 0 Å². The molecule has 16 nitrogen and oxygen atoms in total. The first kappa shape index (κ1) is 44.2. The third kappa shape index (κ3) is 21.2. The molecule has 51 heavy (non-hydrogen) atoms. The van der Waals surface area contributed by atoms with Gasteiger partial charge in [0.05, 0.1) is 19.8 Å². The van der Waals surface area contributed by atoms with Crippen LogP contribution >= 0.6 is 15.6 Å². The number of nitrogens with zero attached hydrogens (tertiary/aromatic N) is 1. The Hall–Kier alpha value is -3.01. The number of aryl methyl sites for hydroxylation is 2. The number of likely N-dealkylation sites (N-methyl/N-ethyl adjacent to an activating group) is 1. The van der Waals surface area contributed by atoms with Gasteiger partial charge in [-0.2, -0.15) is 0 Å². The number of benzene rings is 2. The summed E-state index contributed by atoms with van der Waals surface area (Å²) >= 11 is 0. The lowest BCUT2D eigenvalue weighted by atomic mass is 10.1. The molecule has 0 aliphatic rings. The highest BCUT2D eigenvalue weighted by Gasteiger charge is 2.32. The molecule has 2 rings (SSSR count). The van der Waals surface area contributed by atoms with Gasteiger partial charge in [0, 0.05) is 19.4 Å². The normalized spacial score (nSPS) is 15.1. The van der Waals surface area contributed by atoms with Crippen LogP contribution in [0.5, 0.6) is 0 Å². The number of carbonyl (C=O) groups excluding carboxylic acids is 3. The lowest BCUT2D eigenvalue weighted by molar-refractivity contribution is -0.154. The van der Waals surface area contributed by atoms with Crippen LogP contribution in [0.1, 0.15) is 43.7 Å². The molecule has 2 aromatic carbocycles. The van der Waals surface area contributed by atoms with Gasteiger partial charge in [0.1, 0.15) is 31.5 Å². The summed E-state index contributed by atoms with van der Waals surface area (Å²) in [5.41, 5.74) is 7.62. The van der Waals surface area contributed by atoms with Crippen molar-refractivity contribution in [3.63, 3.8) is 0 Å². The largest absolute Gasteiger partial charge is 0.472 e. The van der Waals surface area contributed by atoms with Crippen LogP contribution in [0.15, 0.2) is 60.7 Å². The first-order chi connectivity index (χ1) is 24.1. The van der Waals surface area contributed by atoms with Gasteiger partial charge in [0.15, 0.2) is 0 Å². The molecule has 0 aliphatic heterocycles. The van der Waals surface area contributed by atoms with Crippen LogP contribution < -0.4 is 5.73 Å². The number of ether oxygens (including phenoxy) is 3. The molecule has 0 radical (unpaired) electrons. The van der Waals surface area contributed by atoms with E-state index in [1.807, 2.05) is 60.7 Å². The Morgan fingerprint density at radius 3 is 1.65 bits per heavy atom. The lowest BCUT2D eigenvalue weighted by Gasteiger charge is -2.24. The van der Waals surface area contributed by atoms with E-state index in [1.165, 1.54) is 6.92 Å². The number of rotatable bonds is 26. The van der Waals surface area contributed by atoms with Crippen molar-refractivity contribution in [2.24, 2.45) is 5.73 Å². The van der Waals surface area contributed by atoms with E-state index in [1.54, 1.807) is 19.0 Å². The van der Waals surface area contributed by atoms with Crippen LogP contribution in [-0.4, -0.2) is 105 Å². The van der Waals surface area contributed by atoms with Gasteiger partial charge >= 0.3 is 33.6 Å². The van der Waals surface area contributed by atoms with E-state index in [2.05, 4.69) is 0 Å². The van der Waals surface area contributed by atoms with Crippen molar-refractivity contribution < 1.29 is 65.6 Å². The minimum Gasteiger partial charge on any atom is -0.463 e. The average Bonchev–Trinajstić information content (AvgIpc) is 3.07. The molecule has 0 amide bonds. The fourth-order valence-corrected chi connectivity index (χ4v) is 5.78.